The van der Waals surface area contributed by atoms with E-state index in [4.69, 9.17) is 33.1 Å². The van der Waals surface area contributed by atoms with Gasteiger partial charge in [0.15, 0.2) is 11.7 Å². The third-order valence-electron chi connectivity index (χ3n) is 2.64. The van der Waals surface area contributed by atoms with Gasteiger partial charge in [0.2, 0.25) is 0 Å². The maximum absolute atomic E-state index is 11.9. The van der Waals surface area contributed by atoms with Gasteiger partial charge in [-0.15, -0.1) is 0 Å². The second-order valence-electron chi connectivity index (χ2n) is 4.09. The van der Waals surface area contributed by atoms with Crippen LogP contribution in [0.25, 0.3) is 0 Å². The normalized spacial score (nSPS) is 15.1. The summed E-state index contributed by atoms with van der Waals surface area (Å²) >= 11 is 0. The van der Waals surface area contributed by atoms with E-state index in [0.29, 0.717) is 31.9 Å². The summed E-state index contributed by atoms with van der Waals surface area (Å²) in [6.07, 6.45) is 1.49. The minimum absolute atomic E-state index is 0.0603. The molecule has 1 aliphatic rings. The van der Waals surface area contributed by atoms with Gasteiger partial charge >= 0.3 is 10.4 Å². The van der Waals surface area contributed by atoms with E-state index < -0.39 is 10.4 Å². The third-order valence-corrected chi connectivity index (χ3v) is 2.64. The number of carbonyl (C=O) groups is 1. The fourth-order valence-electron chi connectivity index (χ4n) is 1.71. The Labute approximate surface area is 121 Å². The maximum atomic E-state index is 11.9. The van der Waals surface area contributed by atoms with Gasteiger partial charge < -0.3 is 20.0 Å². The van der Waals surface area contributed by atoms with Crippen LogP contribution in [0.5, 0.6) is 0 Å². The van der Waals surface area contributed by atoms with Gasteiger partial charge in [-0.3, -0.25) is 19.3 Å². The molecule has 1 aromatic heterocycles. The predicted octanol–water partition coefficient (Wildman–Crippen LogP) is -0.722. The number of nitrogens with two attached hydrogens (primary N) is 1. The Hall–Kier alpha value is -2.11. The van der Waals surface area contributed by atoms with Crippen molar-refractivity contribution in [3.63, 3.8) is 0 Å². The monoisotopic (exact) mass is 320 g/mol. The number of guanidine groups is 1. The van der Waals surface area contributed by atoms with Crippen molar-refractivity contribution >= 4 is 22.3 Å². The molecule has 11 heteroatoms. The van der Waals surface area contributed by atoms with Crippen molar-refractivity contribution in [3.05, 3.63) is 24.2 Å². The molecule has 0 atom stereocenters. The van der Waals surface area contributed by atoms with Gasteiger partial charge in [-0.25, -0.2) is 0 Å². The summed E-state index contributed by atoms with van der Waals surface area (Å²) in [5, 5.41) is 7.28. The Morgan fingerprint density at radius 2 is 1.71 bits per heavy atom. The Bertz CT molecular complexity index is 569. The molecule has 0 unspecified atom stereocenters. The molecular weight excluding hydrogens is 304 g/mol. The molecule has 1 aliphatic heterocycles. The summed E-state index contributed by atoms with van der Waals surface area (Å²) in [6, 6.07) is 3.35. The average Bonchev–Trinajstić information content (AvgIpc) is 2.90. The fraction of sp³-hybridized carbons (Fsp3) is 0.400. The van der Waals surface area contributed by atoms with Crippen molar-refractivity contribution < 1.29 is 26.7 Å². The number of amides is 1. The molecule has 2 heterocycles. The zero-order valence-corrected chi connectivity index (χ0v) is 11.8. The summed E-state index contributed by atoms with van der Waals surface area (Å²) in [7, 11) is -4.67. The molecule has 1 fully saturated rings. The highest BCUT2D eigenvalue weighted by molar-refractivity contribution is 7.79. The first kappa shape index (κ1) is 16.9. The number of hydrogen-bond donors (Lipinski definition) is 4. The van der Waals surface area contributed by atoms with Gasteiger partial charge in [0.05, 0.1) is 6.26 Å². The van der Waals surface area contributed by atoms with E-state index >= 15 is 0 Å². The lowest BCUT2D eigenvalue weighted by atomic mass is 10.3. The van der Waals surface area contributed by atoms with Gasteiger partial charge in [-0.1, -0.05) is 0 Å². The summed E-state index contributed by atoms with van der Waals surface area (Å²) in [5.74, 6) is 0.314. The summed E-state index contributed by atoms with van der Waals surface area (Å²) in [6.45, 7) is 2.34. The number of nitrogens with one attached hydrogen (secondary N) is 1. The molecule has 0 spiro atoms. The van der Waals surface area contributed by atoms with Crippen LogP contribution in [0.3, 0.4) is 0 Å². The fourth-order valence-corrected chi connectivity index (χ4v) is 1.71. The van der Waals surface area contributed by atoms with Gasteiger partial charge in [-0.2, -0.15) is 8.42 Å². The lowest BCUT2D eigenvalue weighted by Gasteiger charge is -2.34. The smallest absolute Gasteiger partial charge is 0.394 e. The second kappa shape index (κ2) is 7.06. The Balaban J connectivity index is 0.000000383. The highest BCUT2D eigenvalue weighted by Gasteiger charge is 2.23. The Morgan fingerprint density at radius 1 is 1.24 bits per heavy atom. The van der Waals surface area contributed by atoms with E-state index in [9.17, 15) is 4.79 Å². The van der Waals surface area contributed by atoms with E-state index in [1.807, 2.05) is 0 Å². The molecule has 0 radical (unpaired) electrons. The number of furan rings is 1. The molecule has 0 bridgehead atoms. The van der Waals surface area contributed by atoms with Crippen molar-refractivity contribution in [1.82, 2.24) is 9.80 Å². The molecule has 10 nitrogen and oxygen atoms in total. The molecule has 1 aromatic rings. The third kappa shape index (κ3) is 6.25. The van der Waals surface area contributed by atoms with Gasteiger partial charge in [0, 0.05) is 26.2 Å². The van der Waals surface area contributed by atoms with E-state index in [0.717, 1.165) is 0 Å². The number of rotatable bonds is 1. The lowest BCUT2D eigenvalue weighted by Crippen LogP contribution is -2.52. The Morgan fingerprint density at radius 3 is 2.10 bits per heavy atom. The Kier molecular flexibility index (Phi) is 5.69. The first-order chi connectivity index (χ1) is 9.68. The average molecular weight is 320 g/mol. The van der Waals surface area contributed by atoms with Crippen molar-refractivity contribution in [2.75, 3.05) is 26.2 Å². The number of nitrogens with zero attached hydrogens (tertiary/aromatic N) is 2. The van der Waals surface area contributed by atoms with Crippen LogP contribution >= 0.6 is 0 Å². The van der Waals surface area contributed by atoms with Gasteiger partial charge in [0.25, 0.3) is 5.91 Å². The summed E-state index contributed by atoms with van der Waals surface area (Å²) in [4.78, 5) is 15.3. The van der Waals surface area contributed by atoms with E-state index in [2.05, 4.69) is 0 Å². The number of hydrogen-bond acceptors (Lipinski definition) is 5. The minimum Gasteiger partial charge on any atom is -0.459 e. The van der Waals surface area contributed by atoms with Crippen LogP contribution in [-0.4, -0.2) is 65.4 Å². The topological polar surface area (TPSA) is 161 Å². The molecule has 2 rings (SSSR count). The maximum Gasteiger partial charge on any atom is 0.394 e. The molecule has 1 saturated heterocycles. The second-order valence-corrected chi connectivity index (χ2v) is 4.99. The number of carbonyl (C=O) groups excluding carboxylic acids is 1. The van der Waals surface area contributed by atoms with Crippen LogP contribution in [0.4, 0.5) is 0 Å². The van der Waals surface area contributed by atoms with Crippen molar-refractivity contribution in [1.29, 1.82) is 5.41 Å². The summed E-state index contributed by atoms with van der Waals surface area (Å²) < 4.78 is 36.6. The van der Waals surface area contributed by atoms with E-state index in [1.54, 1.807) is 21.9 Å². The number of piperazine rings is 1. The highest BCUT2D eigenvalue weighted by Crippen LogP contribution is 2.08. The van der Waals surface area contributed by atoms with Crippen molar-refractivity contribution in [2.24, 2.45) is 5.73 Å². The molecule has 118 valence electrons. The molecule has 0 aromatic carbocycles. The van der Waals surface area contributed by atoms with Gasteiger partial charge in [-0.05, 0) is 12.1 Å². The van der Waals surface area contributed by atoms with E-state index in [-0.39, 0.29) is 11.9 Å². The lowest BCUT2D eigenvalue weighted by molar-refractivity contribution is 0.0658. The molecular formula is C10H16N4O6S. The minimum atomic E-state index is -4.67. The van der Waals surface area contributed by atoms with Crippen molar-refractivity contribution in [3.8, 4) is 0 Å². The SMILES string of the molecule is N=C(N)N1CCN(C(=O)c2ccco2)CC1.O=S(=O)(O)O. The van der Waals surface area contributed by atoms with Crippen LogP contribution in [0, 0.1) is 5.41 Å². The van der Waals surface area contributed by atoms with Gasteiger partial charge in [0.1, 0.15) is 0 Å². The largest absolute Gasteiger partial charge is 0.459 e. The molecule has 0 aliphatic carbocycles. The zero-order valence-electron chi connectivity index (χ0n) is 11.0. The van der Waals surface area contributed by atoms with Crippen LogP contribution in [0.1, 0.15) is 10.6 Å². The van der Waals surface area contributed by atoms with Crippen molar-refractivity contribution in [2.45, 2.75) is 0 Å². The predicted molar refractivity (Wildman–Crippen MR) is 72.3 cm³/mol. The highest BCUT2D eigenvalue weighted by atomic mass is 32.3. The standard InChI is InChI=1S/C10H14N4O2.H2O4S/c11-10(12)14-5-3-13(4-6-14)9(15)8-2-1-7-16-8;1-5(2,3)4/h1-2,7H,3-6H2,(H3,11,12);(H2,1,2,3,4). The summed E-state index contributed by atoms with van der Waals surface area (Å²) in [5.41, 5.74) is 5.37. The van der Waals surface area contributed by atoms with E-state index in [1.165, 1.54) is 6.26 Å². The zero-order chi connectivity index (χ0) is 16.0. The molecule has 0 saturated carbocycles. The van der Waals surface area contributed by atoms with Crippen LogP contribution in [-0.2, 0) is 10.4 Å². The quantitative estimate of drug-likeness (QED) is 0.299. The first-order valence-corrected chi connectivity index (χ1v) is 7.20. The molecule has 5 N–H and O–H groups in total. The van der Waals surface area contributed by atoms with Crippen LogP contribution in [0.15, 0.2) is 22.8 Å². The first-order valence-electron chi connectivity index (χ1n) is 5.80. The van der Waals surface area contributed by atoms with Crippen LogP contribution < -0.4 is 5.73 Å². The molecule has 1 amide bonds. The molecule has 21 heavy (non-hydrogen) atoms. The van der Waals surface area contributed by atoms with Crippen LogP contribution in [0.2, 0.25) is 0 Å².